The van der Waals surface area contributed by atoms with E-state index in [0.717, 1.165) is 6.07 Å². The lowest BCUT2D eigenvalue weighted by atomic mass is 10.1. The van der Waals surface area contributed by atoms with Gasteiger partial charge in [0.25, 0.3) is 0 Å². The van der Waals surface area contributed by atoms with Crippen molar-refractivity contribution in [1.82, 2.24) is 0 Å². The normalized spacial score (nSPS) is 11.4. The predicted molar refractivity (Wildman–Crippen MR) is 73.0 cm³/mol. The van der Waals surface area contributed by atoms with Crippen LogP contribution in [0, 0.1) is 17.1 Å². The largest absolute Gasteiger partial charge is 0.508 e. The zero-order valence-corrected chi connectivity index (χ0v) is 10.8. The molecule has 2 rings (SSSR count). The van der Waals surface area contributed by atoms with E-state index in [0.29, 0.717) is 17.0 Å². The predicted octanol–water partition coefficient (Wildman–Crippen LogP) is 3.22. The van der Waals surface area contributed by atoms with Crippen LogP contribution in [0.5, 0.6) is 11.5 Å². The van der Waals surface area contributed by atoms with Crippen molar-refractivity contribution in [3.63, 3.8) is 0 Å². The first-order valence-corrected chi connectivity index (χ1v) is 5.92. The number of benzene rings is 2. The van der Waals surface area contributed by atoms with Crippen LogP contribution >= 0.6 is 0 Å². The molecule has 1 atom stereocenters. The zero-order valence-electron chi connectivity index (χ0n) is 10.8. The molecule has 0 aliphatic heterocycles. The summed E-state index contributed by atoms with van der Waals surface area (Å²) in [5.74, 6) is -0.238. The van der Waals surface area contributed by atoms with Gasteiger partial charge in [-0.2, -0.15) is 5.26 Å². The Labute approximate surface area is 116 Å². The van der Waals surface area contributed by atoms with E-state index in [-0.39, 0.29) is 5.75 Å². The van der Waals surface area contributed by atoms with Crippen LogP contribution in [0.15, 0.2) is 42.5 Å². The van der Waals surface area contributed by atoms with Crippen LogP contribution in [-0.2, 0) is 0 Å². The summed E-state index contributed by atoms with van der Waals surface area (Å²) in [5.41, 5.74) is 0.959. The van der Waals surface area contributed by atoms with Crippen LogP contribution in [0.2, 0.25) is 0 Å². The molecule has 0 bridgehead atoms. The number of methoxy groups -OCH3 is 1. The Balaban J connectivity index is 2.32. The van der Waals surface area contributed by atoms with Crippen LogP contribution < -0.4 is 10.1 Å². The molecule has 2 N–H and O–H groups in total. The first kappa shape index (κ1) is 13.7. The first-order valence-electron chi connectivity index (χ1n) is 5.92. The summed E-state index contributed by atoms with van der Waals surface area (Å²) in [6, 6.07) is 11.9. The number of phenolic OH excluding ortho intramolecular Hbond substituents is 1. The number of phenols is 1. The molecule has 0 heterocycles. The van der Waals surface area contributed by atoms with Crippen LogP contribution in [0.1, 0.15) is 11.6 Å². The number of nitrogens with zero attached hydrogens (tertiary/aromatic N) is 1. The number of hydrogen-bond acceptors (Lipinski definition) is 4. The summed E-state index contributed by atoms with van der Waals surface area (Å²) < 4.78 is 18.5. The number of hydrogen-bond donors (Lipinski definition) is 2. The van der Waals surface area contributed by atoms with Crippen molar-refractivity contribution in [2.75, 3.05) is 12.4 Å². The molecular weight excluding hydrogens is 259 g/mol. The van der Waals surface area contributed by atoms with Gasteiger partial charge in [-0.3, -0.25) is 0 Å². The van der Waals surface area contributed by atoms with Crippen LogP contribution in [-0.4, -0.2) is 12.2 Å². The maximum absolute atomic E-state index is 13.3. The topological polar surface area (TPSA) is 65.3 Å². The fraction of sp³-hybridized carbons (Fsp3) is 0.133. The van der Waals surface area contributed by atoms with Gasteiger partial charge in [0.15, 0.2) is 0 Å². The molecule has 0 radical (unpaired) electrons. The molecule has 2 aromatic rings. The van der Waals surface area contributed by atoms with Gasteiger partial charge in [-0.1, -0.05) is 12.1 Å². The van der Waals surface area contributed by atoms with Crippen LogP contribution in [0.4, 0.5) is 10.1 Å². The first-order chi connectivity index (χ1) is 9.63. The van der Waals surface area contributed by atoms with E-state index in [1.807, 2.05) is 6.07 Å². The third kappa shape index (κ3) is 2.98. The Bertz CT molecular complexity index is 632. The van der Waals surface area contributed by atoms with Gasteiger partial charge in [0.05, 0.1) is 18.9 Å². The Morgan fingerprint density at radius 3 is 2.70 bits per heavy atom. The van der Waals surface area contributed by atoms with Crippen molar-refractivity contribution in [3.05, 3.63) is 53.8 Å². The van der Waals surface area contributed by atoms with E-state index in [2.05, 4.69) is 5.32 Å². The van der Waals surface area contributed by atoms with Gasteiger partial charge < -0.3 is 15.2 Å². The minimum Gasteiger partial charge on any atom is -0.508 e. The van der Waals surface area contributed by atoms with Crippen molar-refractivity contribution >= 4 is 5.69 Å². The number of nitrogens with one attached hydrogen (secondary N) is 1. The van der Waals surface area contributed by atoms with E-state index >= 15 is 0 Å². The molecule has 0 spiro atoms. The fourth-order valence-corrected chi connectivity index (χ4v) is 1.87. The van der Waals surface area contributed by atoms with Crippen LogP contribution in [0.3, 0.4) is 0 Å². The zero-order chi connectivity index (χ0) is 14.5. The van der Waals surface area contributed by atoms with Crippen molar-refractivity contribution < 1.29 is 14.2 Å². The van der Waals surface area contributed by atoms with Crippen molar-refractivity contribution in [1.29, 1.82) is 5.26 Å². The van der Waals surface area contributed by atoms with E-state index in [1.165, 1.54) is 19.2 Å². The smallest absolute Gasteiger partial charge is 0.141 e. The highest BCUT2D eigenvalue weighted by molar-refractivity contribution is 5.58. The number of nitriles is 1. The molecule has 0 saturated heterocycles. The van der Waals surface area contributed by atoms with E-state index in [1.54, 1.807) is 24.3 Å². The van der Waals surface area contributed by atoms with Crippen LogP contribution in [0.25, 0.3) is 0 Å². The molecule has 5 heteroatoms. The Kier molecular flexibility index (Phi) is 4.06. The number of rotatable bonds is 4. The molecule has 0 aliphatic carbocycles. The highest BCUT2D eigenvalue weighted by Gasteiger charge is 2.14. The molecule has 1 unspecified atom stereocenters. The number of halogens is 1. The summed E-state index contributed by atoms with van der Waals surface area (Å²) in [6.07, 6.45) is 0. The molecule has 20 heavy (non-hydrogen) atoms. The maximum atomic E-state index is 13.3. The second-order valence-electron chi connectivity index (χ2n) is 4.15. The summed E-state index contributed by atoms with van der Waals surface area (Å²) in [4.78, 5) is 0. The van der Waals surface area contributed by atoms with Crippen molar-refractivity contribution in [3.8, 4) is 17.6 Å². The van der Waals surface area contributed by atoms with Gasteiger partial charge in [0.2, 0.25) is 0 Å². The lowest BCUT2D eigenvalue weighted by Gasteiger charge is -2.16. The quantitative estimate of drug-likeness (QED) is 0.897. The standard InChI is InChI=1S/C15H13FN2O2/c1-20-15-5-3-2-4-13(15)18-14(9-17)10-6-11(16)8-12(19)7-10/h2-8,14,18-19H,1H3. The third-order valence-corrected chi connectivity index (χ3v) is 2.77. The second-order valence-corrected chi connectivity index (χ2v) is 4.15. The summed E-state index contributed by atoms with van der Waals surface area (Å²) in [5, 5.41) is 21.6. The minimum absolute atomic E-state index is 0.220. The van der Waals surface area contributed by atoms with Gasteiger partial charge in [0.1, 0.15) is 23.4 Å². The summed E-state index contributed by atoms with van der Waals surface area (Å²) in [6.45, 7) is 0. The van der Waals surface area contributed by atoms with E-state index in [9.17, 15) is 14.8 Å². The Morgan fingerprint density at radius 1 is 1.30 bits per heavy atom. The fourth-order valence-electron chi connectivity index (χ4n) is 1.87. The molecule has 4 nitrogen and oxygen atoms in total. The van der Waals surface area contributed by atoms with Gasteiger partial charge in [-0.25, -0.2) is 4.39 Å². The highest BCUT2D eigenvalue weighted by Crippen LogP contribution is 2.29. The molecule has 0 amide bonds. The Morgan fingerprint density at radius 2 is 2.05 bits per heavy atom. The van der Waals surface area contributed by atoms with Crippen molar-refractivity contribution in [2.45, 2.75) is 6.04 Å². The van der Waals surface area contributed by atoms with Gasteiger partial charge >= 0.3 is 0 Å². The molecule has 0 fully saturated rings. The molecule has 2 aromatic carbocycles. The lowest BCUT2D eigenvalue weighted by Crippen LogP contribution is -2.09. The highest BCUT2D eigenvalue weighted by atomic mass is 19.1. The monoisotopic (exact) mass is 272 g/mol. The van der Waals surface area contributed by atoms with E-state index < -0.39 is 11.9 Å². The molecule has 102 valence electrons. The maximum Gasteiger partial charge on any atom is 0.141 e. The summed E-state index contributed by atoms with van der Waals surface area (Å²) in [7, 11) is 1.52. The van der Waals surface area contributed by atoms with Gasteiger partial charge in [-0.15, -0.1) is 0 Å². The minimum atomic E-state index is -0.798. The molecular formula is C15H13FN2O2. The number of para-hydroxylation sites is 2. The number of anilines is 1. The van der Waals surface area contributed by atoms with Gasteiger partial charge in [0, 0.05) is 6.07 Å². The van der Waals surface area contributed by atoms with Crippen molar-refractivity contribution in [2.24, 2.45) is 0 Å². The molecule has 0 aromatic heterocycles. The third-order valence-electron chi connectivity index (χ3n) is 2.77. The van der Waals surface area contributed by atoms with Gasteiger partial charge in [-0.05, 0) is 29.8 Å². The average Bonchev–Trinajstić information content (AvgIpc) is 2.44. The molecule has 0 aliphatic rings. The molecule has 0 saturated carbocycles. The SMILES string of the molecule is COc1ccccc1NC(C#N)c1cc(O)cc(F)c1. The summed E-state index contributed by atoms with van der Waals surface area (Å²) >= 11 is 0. The lowest BCUT2D eigenvalue weighted by molar-refractivity contribution is 0.416. The number of aromatic hydroxyl groups is 1. The second kappa shape index (κ2) is 5.93. The average molecular weight is 272 g/mol. The van der Waals surface area contributed by atoms with E-state index in [4.69, 9.17) is 4.74 Å². The number of ether oxygens (including phenoxy) is 1. The Hall–Kier alpha value is -2.74.